The zero-order chi connectivity index (χ0) is 9.26. The van der Waals surface area contributed by atoms with E-state index in [0.29, 0.717) is 0 Å². The quantitative estimate of drug-likeness (QED) is 0.633. The first-order valence-corrected chi connectivity index (χ1v) is 6.01. The molecule has 76 valence electrons. The van der Waals surface area contributed by atoms with Crippen molar-refractivity contribution in [3.8, 4) is 0 Å². The molecule has 2 rings (SSSR count). The largest absolute Gasteiger partial charge is 0.300 e. The van der Waals surface area contributed by atoms with E-state index < -0.39 is 0 Å². The van der Waals surface area contributed by atoms with Gasteiger partial charge in [0.25, 0.3) is 0 Å². The number of nitrogens with zero attached hydrogens (tertiary/aromatic N) is 1. The maximum atomic E-state index is 2.72. The van der Waals surface area contributed by atoms with Gasteiger partial charge in [-0.3, -0.25) is 0 Å². The van der Waals surface area contributed by atoms with E-state index in [0.717, 1.165) is 17.9 Å². The molecule has 1 heterocycles. The van der Waals surface area contributed by atoms with Gasteiger partial charge in [0.1, 0.15) is 0 Å². The van der Waals surface area contributed by atoms with E-state index in [-0.39, 0.29) is 0 Å². The Morgan fingerprint density at radius 1 is 1.15 bits per heavy atom. The summed E-state index contributed by atoms with van der Waals surface area (Å²) in [5, 5.41) is 0. The monoisotopic (exact) mass is 181 g/mol. The molecular weight excluding hydrogens is 158 g/mol. The van der Waals surface area contributed by atoms with Crippen molar-refractivity contribution in [3.05, 3.63) is 0 Å². The summed E-state index contributed by atoms with van der Waals surface area (Å²) < 4.78 is 0. The minimum atomic E-state index is 0.868. The van der Waals surface area contributed by atoms with Crippen LogP contribution in [-0.2, 0) is 0 Å². The Morgan fingerprint density at radius 2 is 1.85 bits per heavy atom. The van der Waals surface area contributed by atoms with Crippen molar-refractivity contribution in [1.82, 2.24) is 4.90 Å². The van der Waals surface area contributed by atoms with Gasteiger partial charge in [0.2, 0.25) is 0 Å². The van der Waals surface area contributed by atoms with Crippen LogP contribution in [-0.4, -0.2) is 24.0 Å². The first kappa shape index (κ1) is 9.51. The van der Waals surface area contributed by atoms with E-state index in [1.54, 1.807) is 0 Å². The van der Waals surface area contributed by atoms with Crippen LogP contribution in [0.3, 0.4) is 0 Å². The lowest BCUT2D eigenvalue weighted by atomic mass is 9.98. The van der Waals surface area contributed by atoms with Crippen LogP contribution >= 0.6 is 0 Å². The van der Waals surface area contributed by atoms with Crippen LogP contribution in [0.1, 0.15) is 46.0 Å². The van der Waals surface area contributed by atoms with Crippen LogP contribution in [0.4, 0.5) is 0 Å². The van der Waals surface area contributed by atoms with Crippen molar-refractivity contribution < 1.29 is 0 Å². The third kappa shape index (κ3) is 2.07. The number of hydrogen-bond acceptors (Lipinski definition) is 1. The smallest absolute Gasteiger partial charge is 0.00953 e. The van der Waals surface area contributed by atoms with Crippen molar-refractivity contribution in [2.45, 2.75) is 52.0 Å². The molecule has 2 aliphatic rings. The van der Waals surface area contributed by atoms with Gasteiger partial charge in [-0.2, -0.15) is 0 Å². The van der Waals surface area contributed by atoms with Crippen LogP contribution < -0.4 is 0 Å². The molecule has 0 radical (unpaired) electrons. The molecule has 0 amide bonds. The Labute approximate surface area is 82.5 Å². The fourth-order valence-electron chi connectivity index (χ4n) is 3.08. The van der Waals surface area contributed by atoms with E-state index in [1.807, 2.05) is 0 Å². The highest BCUT2D eigenvalue weighted by Crippen LogP contribution is 2.32. The van der Waals surface area contributed by atoms with E-state index in [9.17, 15) is 0 Å². The molecule has 0 aromatic carbocycles. The van der Waals surface area contributed by atoms with Crippen molar-refractivity contribution in [2.24, 2.45) is 11.8 Å². The zero-order valence-electron chi connectivity index (χ0n) is 9.13. The van der Waals surface area contributed by atoms with Gasteiger partial charge in [-0.1, -0.05) is 19.8 Å². The molecule has 0 N–H and O–H groups in total. The van der Waals surface area contributed by atoms with Crippen molar-refractivity contribution >= 4 is 0 Å². The van der Waals surface area contributed by atoms with E-state index in [1.165, 1.54) is 45.2 Å². The van der Waals surface area contributed by atoms with Gasteiger partial charge in [-0.15, -0.1) is 0 Å². The third-order valence-electron chi connectivity index (χ3n) is 4.11. The summed E-state index contributed by atoms with van der Waals surface area (Å²) >= 11 is 0. The third-order valence-corrected chi connectivity index (χ3v) is 4.11. The first-order chi connectivity index (χ1) is 6.27. The van der Waals surface area contributed by atoms with E-state index in [2.05, 4.69) is 18.7 Å². The van der Waals surface area contributed by atoms with Gasteiger partial charge in [-0.25, -0.2) is 0 Å². The Kier molecular flexibility index (Phi) is 2.92. The maximum absolute atomic E-state index is 2.72. The van der Waals surface area contributed by atoms with Gasteiger partial charge < -0.3 is 4.90 Å². The lowest BCUT2D eigenvalue weighted by Gasteiger charge is -2.29. The summed E-state index contributed by atoms with van der Waals surface area (Å²) in [5.41, 5.74) is 0. The lowest BCUT2D eigenvalue weighted by Crippen LogP contribution is -2.35. The fraction of sp³-hybridized carbons (Fsp3) is 1.00. The zero-order valence-corrected chi connectivity index (χ0v) is 9.13. The summed E-state index contributed by atoms with van der Waals surface area (Å²) in [6, 6.07) is 0.868. The molecule has 0 aromatic rings. The summed E-state index contributed by atoms with van der Waals surface area (Å²) in [6.45, 7) is 7.56. The summed E-state index contributed by atoms with van der Waals surface area (Å²) in [5.74, 6) is 1.97. The molecular formula is C12H23N. The predicted octanol–water partition coefficient (Wildman–Crippen LogP) is 2.91. The maximum Gasteiger partial charge on any atom is 0.00953 e. The fourth-order valence-corrected chi connectivity index (χ4v) is 3.08. The summed E-state index contributed by atoms with van der Waals surface area (Å²) in [7, 11) is 0. The molecule has 1 saturated heterocycles. The van der Waals surface area contributed by atoms with Crippen molar-refractivity contribution in [1.29, 1.82) is 0 Å². The average Bonchev–Trinajstić information content (AvgIpc) is 2.72. The lowest BCUT2D eigenvalue weighted by molar-refractivity contribution is 0.186. The molecule has 2 atom stereocenters. The molecule has 1 heteroatoms. The topological polar surface area (TPSA) is 3.24 Å². The Morgan fingerprint density at radius 3 is 2.38 bits per heavy atom. The highest BCUT2D eigenvalue weighted by molar-refractivity contribution is 4.83. The minimum absolute atomic E-state index is 0.868. The first-order valence-electron chi connectivity index (χ1n) is 6.01. The molecule has 0 spiro atoms. The van der Waals surface area contributed by atoms with Gasteiger partial charge in [0, 0.05) is 12.6 Å². The number of likely N-dealkylation sites (tertiary alicyclic amines) is 1. The molecule has 0 bridgehead atoms. The Bertz CT molecular complexity index is 161. The van der Waals surface area contributed by atoms with Crippen LogP contribution in [0.2, 0.25) is 0 Å². The predicted molar refractivity (Wildman–Crippen MR) is 56.8 cm³/mol. The van der Waals surface area contributed by atoms with Gasteiger partial charge in [-0.05, 0) is 44.6 Å². The number of hydrogen-bond donors (Lipinski definition) is 0. The molecule has 0 aromatic heterocycles. The SMILES string of the molecule is CC1CCN(C(C)C2CCCC2)C1. The normalized spacial score (nSPS) is 34.2. The molecule has 1 aliphatic carbocycles. The second-order valence-corrected chi connectivity index (χ2v) is 5.17. The van der Waals surface area contributed by atoms with Crippen LogP contribution in [0, 0.1) is 11.8 Å². The van der Waals surface area contributed by atoms with E-state index >= 15 is 0 Å². The molecule has 1 nitrogen and oxygen atoms in total. The van der Waals surface area contributed by atoms with Crippen LogP contribution in [0.25, 0.3) is 0 Å². The summed E-state index contributed by atoms with van der Waals surface area (Å²) in [4.78, 5) is 2.72. The molecule has 13 heavy (non-hydrogen) atoms. The Balaban J connectivity index is 1.85. The molecule has 1 saturated carbocycles. The molecule has 1 aliphatic heterocycles. The standard InChI is InChI=1S/C12H23N/c1-10-7-8-13(9-10)11(2)12-5-3-4-6-12/h10-12H,3-9H2,1-2H3. The highest BCUT2D eigenvalue weighted by atomic mass is 15.2. The van der Waals surface area contributed by atoms with Gasteiger partial charge in [0.15, 0.2) is 0 Å². The second-order valence-electron chi connectivity index (χ2n) is 5.17. The van der Waals surface area contributed by atoms with E-state index in [4.69, 9.17) is 0 Å². The highest BCUT2D eigenvalue weighted by Gasteiger charge is 2.29. The molecule has 2 fully saturated rings. The van der Waals surface area contributed by atoms with Crippen molar-refractivity contribution in [3.63, 3.8) is 0 Å². The number of rotatable bonds is 2. The van der Waals surface area contributed by atoms with Gasteiger partial charge in [0.05, 0.1) is 0 Å². The van der Waals surface area contributed by atoms with Gasteiger partial charge >= 0.3 is 0 Å². The summed E-state index contributed by atoms with van der Waals surface area (Å²) in [6.07, 6.45) is 7.38. The van der Waals surface area contributed by atoms with Crippen molar-refractivity contribution in [2.75, 3.05) is 13.1 Å². The average molecular weight is 181 g/mol. The molecule has 2 unspecified atom stereocenters. The van der Waals surface area contributed by atoms with Crippen LogP contribution in [0.15, 0.2) is 0 Å². The minimum Gasteiger partial charge on any atom is -0.300 e. The van der Waals surface area contributed by atoms with Crippen LogP contribution in [0.5, 0.6) is 0 Å². The second kappa shape index (κ2) is 4.00. The Hall–Kier alpha value is -0.0400.